The third kappa shape index (κ3) is 6.73. The normalized spacial score (nSPS) is 22.1. The smallest absolute Gasteiger partial charge is 0.480 e. The fraction of sp³-hybridized carbons (Fsp3) is 0.519. The molecule has 228 valence electrons. The molecule has 2 aliphatic rings. The van der Waals surface area contributed by atoms with E-state index >= 15 is 0 Å². The number of hydrogen-bond acceptors (Lipinski definition) is 7. The van der Waals surface area contributed by atoms with E-state index in [9.17, 15) is 23.1 Å². The Morgan fingerprint density at radius 3 is 2.43 bits per heavy atom. The van der Waals surface area contributed by atoms with Crippen molar-refractivity contribution in [3.8, 4) is 0 Å². The Morgan fingerprint density at radius 2 is 1.83 bits per heavy atom. The van der Waals surface area contributed by atoms with Crippen LogP contribution in [-0.4, -0.2) is 84.7 Å². The zero-order chi connectivity index (χ0) is 30.9. The van der Waals surface area contributed by atoms with Crippen LogP contribution in [0.15, 0.2) is 24.4 Å². The number of aromatic nitrogens is 4. The maximum atomic E-state index is 11.7. The molecule has 0 saturated carbocycles. The van der Waals surface area contributed by atoms with E-state index in [1.165, 1.54) is 0 Å². The van der Waals surface area contributed by atoms with E-state index in [0.717, 1.165) is 67.1 Å². The second kappa shape index (κ2) is 12.6. The third-order valence-corrected chi connectivity index (χ3v) is 8.33. The summed E-state index contributed by atoms with van der Waals surface area (Å²) in [6.07, 6.45) is -0.668. The summed E-state index contributed by atoms with van der Waals surface area (Å²) in [5, 5.41) is 22.7. The molecule has 0 aliphatic carbocycles. The molecule has 15 heteroatoms. The van der Waals surface area contributed by atoms with Gasteiger partial charge in [0.1, 0.15) is 17.4 Å². The van der Waals surface area contributed by atoms with Crippen molar-refractivity contribution in [3.63, 3.8) is 0 Å². The molecule has 1 aromatic carbocycles. The van der Waals surface area contributed by atoms with Crippen molar-refractivity contribution < 1.29 is 33.0 Å². The van der Waals surface area contributed by atoms with Crippen molar-refractivity contribution >= 4 is 52.1 Å². The molecular formula is C27H31Cl2F3N6O4. The second-order valence-corrected chi connectivity index (χ2v) is 11.4. The molecule has 2 fully saturated rings. The number of carbonyl (C=O) groups is 2. The minimum absolute atomic E-state index is 0.145. The molecule has 2 aliphatic heterocycles. The van der Waals surface area contributed by atoms with Gasteiger partial charge in [0, 0.05) is 29.2 Å². The molecule has 2 aromatic heterocycles. The van der Waals surface area contributed by atoms with Gasteiger partial charge in [-0.15, -0.1) is 0 Å². The first-order valence-corrected chi connectivity index (χ1v) is 14.1. The largest absolute Gasteiger partial charge is 0.490 e. The number of carboxylic acids is 2. The summed E-state index contributed by atoms with van der Waals surface area (Å²) in [5.41, 5.74) is 3.23. The lowest BCUT2D eigenvalue weighted by Crippen LogP contribution is -2.53. The zero-order valence-electron chi connectivity index (χ0n) is 23.1. The Bertz CT molecular complexity index is 1470. The van der Waals surface area contributed by atoms with Crippen LogP contribution in [0.3, 0.4) is 0 Å². The molecule has 5 rings (SSSR count). The number of hydrogen-bond donors (Lipinski definition) is 2. The van der Waals surface area contributed by atoms with Gasteiger partial charge in [0.25, 0.3) is 0 Å². The lowest BCUT2D eigenvalue weighted by Gasteiger charge is -2.43. The SMILES string of the molecule is Cc1nn([C@H](C)c2ccc(Cl)cc2Cl)c2nc(N3CC[C@H](N4CCC[C@H]4C(=O)O)[C@H](C)C3)cnc12.O=C(O)C(F)(F)F. The van der Waals surface area contributed by atoms with E-state index in [2.05, 4.69) is 16.7 Å². The number of aliphatic carboxylic acids is 2. The molecule has 0 spiro atoms. The molecule has 3 aromatic rings. The van der Waals surface area contributed by atoms with Crippen LogP contribution >= 0.6 is 23.2 Å². The maximum absolute atomic E-state index is 11.7. The Morgan fingerprint density at radius 1 is 1.14 bits per heavy atom. The van der Waals surface area contributed by atoms with Gasteiger partial charge >= 0.3 is 18.1 Å². The van der Waals surface area contributed by atoms with Crippen molar-refractivity contribution in [1.82, 2.24) is 24.6 Å². The number of fused-ring (bicyclic) bond motifs is 1. The molecule has 42 heavy (non-hydrogen) atoms. The van der Waals surface area contributed by atoms with Gasteiger partial charge in [0.2, 0.25) is 0 Å². The number of aryl methyl sites for hydroxylation is 1. The molecule has 0 amide bonds. The molecule has 0 bridgehead atoms. The number of rotatable bonds is 5. The van der Waals surface area contributed by atoms with Gasteiger partial charge in [0.15, 0.2) is 5.65 Å². The highest BCUT2D eigenvalue weighted by Gasteiger charge is 2.40. The standard InChI is InChI=1S/C25H30Cl2N6O2.C2HF3O2/c1-14-13-31(10-8-20(14)32-9-4-5-21(32)25(34)35)22-12-28-23-15(2)30-33(24(23)29-22)16(3)18-7-6-17(26)11-19(18)27;3-2(4,5)1(6)7/h6-7,11-12,14,16,20-21H,4-5,8-10,13H2,1-3H3,(H,34,35);(H,6,7)/t14-,16-,20+,21+;/m1./s1. The Hall–Kier alpha value is -3.16. The lowest BCUT2D eigenvalue weighted by atomic mass is 9.91. The fourth-order valence-electron chi connectivity index (χ4n) is 5.72. The maximum Gasteiger partial charge on any atom is 0.490 e. The van der Waals surface area contributed by atoms with Crippen LogP contribution in [0.1, 0.15) is 50.4 Å². The average Bonchev–Trinajstić information content (AvgIpc) is 3.53. The van der Waals surface area contributed by atoms with Gasteiger partial charge in [-0.2, -0.15) is 18.3 Å². The first-order chi connectivity index (χ1) is 19.7. The zero-order valence-corrected chi connectivity index (χ0v) is 24.7. The van der Waals surface area contributed by atoms with Gasteiger partial charge in [-0.3, -0.25) is 9.69 Å². The number of likely N-dealkylation sites (tertiary alicyclic amines) is 1. The Kier molecular flexibility index (Phi) is 9.53. The van der Waals surface area contributed by atoms with Crippen LogP contribution < -0.4 is 4.90 Å². The van der Waals surface area contributed by atoms with Gasteiger partial charge in [0.05, 0.1) is 17.9 Å². The average molecular weight is 631 g/mol. The van der Waals surface area contributed by atoms with E-state index in [4.69, 9.17) is 48.2 Å². The van der Waals surface area contributed by atoms with Crippen molar-refractivity contribution in [1.29, 1.82) is 0 Å². The second-order valence-electron chi connectivity index (χ2n) is 10.6. The summed E-state index contributed by atoms with van der Waals surface area (Å²) in [6, 6.07) is 5.26. The lowest BCUT2D eigenvalue weighted by molar-refractivity contribution is -0.192. The molecule has 2 saturated heterocycles. The van der Waals surface area contributed by atoms with Gasteiger partial charge < -0.3 is 15.1 Å². The summed E-state index contributed by atoms with van der Waals surface area (Å²) in [4.78, 5) is 34.8. The van der Waals surface area contributed by atoms with Gasteiger partial charge in [-0.05, 0) is 63.3 Å². The highest BCUT2D eigenvalue weighted by molar-refractivity contribution is 6.35. The van der Waals surface area contributed by atoms with Crippen LogP contribution in [0.5, 0.6) is 0 Å². The number of carboxylic acid groups (broad SMARTS) is 2. The molecule has 10 nitrogen and oxygen atoms in total. The number of piperidine rings is 1. The number of alkyl halides is 3. The highest BCUT2D eigenvalue weighted by atomic mass is 35.5. The summed E-state index contributed by atoms with van der Waals surface area (Å²) >= 11 is 12.6. The minimum atomic E-state index is -5.08. The van der Waals surface area contributed by atoms with E-state index < -0.39 is 18.1 Å². The first kappa shape index (κ1) is 31.8. The quantitative estimate of drug-likeness (QED) is 0.379. The van der Waals surface area contributed by atoms with Crippen LogP contribution in [0.2, 0.25) is 10.0 Å². The number of halogens is 5. The van der Waals surface area contributed by atoms with Crippen LogP contribution in [0, 0.1) is 12.8 Å². The van der Waals surface area contributed by atoms with E-state index in [1.54, 1.807) is 6.07 Å². The summed E-state index contributed by atoms with van der Waals surface area (Å²) in [7, 11) is 0. The van der Waals surface area contributed by atoms with Crippen LogP contribution in [-0.2, 0) is 9.59 Å². The third-order valence-electron chi connectivity index (χ3n) is 7.77. The predicted molar refractivity (Wildman–Crippen MR) is 151 cm³/mol. The predicted octanol–water partition coefficient (Wildman–Crippen LogP) is 5.45. The fourth-order valence-corrected chi connectivity index (χ4v) is 6.29. The summed E-state index contributed by atoms with van der Waals surface area (Å²) < 4.78 is 33.6. The molecule has 4 atom stereocenters. The van der Waals surface area contributed by atoms with E-state index in [-0.39, 0.29) is 18.1 Å². The van der Waals surface area contributed by atoms with Crippen LogP contribution in [0.25, 0.3) is 11.2 Å². The van der Waals surface area contributed by atoms with Crippen molar-refractivity contribution in [2.75, 3.05) is 24.5 Å². The van der Waals surface area contributed by atoms with Crippen molar-refractivity contribution in [3.05, 3.63) is 45.7 Å². The monoisotopic (exact) mass is 630 g/mol. The summed E-state index contributed by atoms with van der Waals surface area (Å²) in [6.45, 7) is 8.66. The van der Waals surface area contributed by atoms with Gasteiger partial charge in [-0.1, -0.05) is 36.2 Å². The highest BCUT2D eigenvalue weighted by Crippen LogP contribution is 2.33. The number of anilines is 1. The minimum Gasteiger partial charge on any atom is -0.480 e. The topological polar surface area (TPSA) is 125 Å². The van der Waals surface area contributed by atoms with Crippen molar-refractivity contribution in [2.24, 2.45) is 5.92 Å². The molecule has 4 heterocycles. The molecule has 0 radical (unpaired) electrons. The van der Waals surface area contributed by atoms with Crippen molar-refractivity contribution in [2.45, 2.75) is 64.3 Å². The van der Waals surface area contributed by atoms with Crippen LogP contribution in [0.4, 0.5) is 19.0 Å². The Balaban J connectivity index is 0.000000517. The number of benzene rings is 1. The Labute approximate surface area is 250 Å². The molecule has 2 N–H and O–H groups in total. The summed E-state index contributed by atoms with van der Waals surface area (Å²) in [5.74, 6) is -2.33. The molecule has 0 unspecified atom stereocenters. The van der Waals surface area contributed by atoms with E-state index in [0.29, 0.717) is 16.0 Å². The van der Waals surface area contributed by atoms with Gasteiger partial charge in [-0.25, -0.2) is 19.4 Å². The number of nitrogens with zero attached hydrogens (tertiary/aromatic N) is 6. The molecular weight excluding hydrogens is 600 g/mol. The first-order valence-electron chi connectivity index (χ1n) is 13.4. The van der Waals surface area contributed by atoms with E-state index in [1.807, 2.05) is 36.9 Å².